The lowest BCUT2D eigenvalue weighted by Crippen LogP contribution is -2.15. The number of ether oxygens (including phenoxy) is 3. The van der Waals surface area contributed by atoms with Crippen LogP contribution < -0.4 is 14.2 Å². The number of phenolic OH excluding ortho intramolecular Hbond substituents is 1. The van der Waals surface area contributed by atoms with E-state index in [0.29, 0.717) is 28.8 Å². The Balaban J connectivity index is 1.34. The summed E-state index contributed by atoms with van der Waals surface area (Å²) in [4.78, 5) is 14.9. The van der Waals surface area contributed by atoms with Crippen LogP contribution in [-0.2, 0) is 11.4 Å². The molecule has 1 atom stereocenters. The molecule has 196 valence electrons. The van der Waals surface area contributed by atoms with Crippen molar-refractivity contribution in [1.29, 1.82) is 0 Å². The molecular weight excluding hydrogens is 498 g/mol. The molecule has 0 saturated carbocycles. The molecule has 5 aromatic rings. The molecule has 6 rings (SSSR count). The van der Waals surface area contributed by atoms with Gasteiger partial charge < -0.3 is 24.2 Å². The minimum absolute atomic E-state index is 0.0719. The topological polar surface area (TPSA) is 113 Å². The van der Waals surface area contributed by atoms with Gasteiger partial charge in [-0.2, -0.15) is 0 Å². The summed E-state index contributed by atoms with van der Waals surface area (Å²) < 4.78 is 18.3. The first-order valence-corrected chi connectivity index (χ1v) is 12.2. The first-order valence-electron chi connectivity index (χ1n) is 12.2. The molecule has 10 heteroatoms. The van der Waals surface area contributed by atoms with Crippen LogP contribution in [0.25, 0.3) is 5.65 Å². The van der Waals surface area contributed by atoms with Crippen molar-refractivity contribution in [2.45, 2.75) is 19.4 Å². The van der Waals surface area contributed by atoms with Crippen molar-refractivity contribution < 1.29 is 24.2 Å². The number of fused-ring (bicyclic) bond motifs is 4. The van der Waals surface area contributed by atoms with Crippen LogP contribution in [-0.4, -0.2) is 44.6 Å². The SMILES string of the molecule is COc1ccc(C(C)=NOCc2nc3c4c(ncn3n2)Oc2cc(O)ccc2C4c2ccc(OC)cc2)cc1. The normalized spacial score (nSPS) is 14.3. The maximum Gasteiger partial charge on any atom is 0.228 e. The van der Waals surface area contributed by atoms with Gasteiger partial charge in [-0.15, -0.1) is 5.10 Å². The number of nitrogens with zero attached hydrogens (tertiary/aromatic N) is 5. The maximum absolute atomic E-state index is 10.1. The fraction of sp³-hybridized carbons (Fsp3) is 0.172. The number of rotatable bonds is 7. The summed E-state index contributed by atoms with van der Waals surface area (Å²) in [5.41, 5.74) is 4.85. The van der Waals surface area contributed by atoms with Crippen molar-refractivity contribution in [3.8, 4) is 28.9 Å². The number of methoxy groups -OCH3 is 2. The van der Waals surface area contributed by atoms with Crippen LogP contribution in [0, 0.1) is 0 Å². The Morgan fingerprint density at radius 3 is 2.44 bits per heavy atom. The molecule has 1 unspecified atom stereocenters. The molecule has 3 heterocycles. The van der Waals surface area contributed by atoms with Crippen LogP contribution in [0.3, 0.4) is 0 Å². The monoisotopic (exact) mass is 523 g/mol. The average Bonchev–Trinajstić information content (AvgIpc) is 3.39. The van der Waals surface area contributed by atoms with Crippen LogP contribution in [0.5, 0.6) is 28.9 Å². The summed E-state index contributed by atoms with van der Waals surface area (Å²) in [6.45, 7) is 1.94. The number of benzene rings is 3. The van der Waals surface area contributed by atoms with Gasteiger partial charge in [0.2, 0.25) is 5.88 Å². The van der Waals surface area contributed by atoms with Gasteiger partial charge in [0.1, 0.15) is 29.3 Å². The molecular formula is C29H25N5O5. The minimum atomic E-state index is -0.264. The molecule has 0 fully saturated rings. The smallest absolute Gasteiger partial charge is 0.228 e. The maximum atomic E-state index is 10.1. The Labute approximate surface area is 224 Å². The first kappa shape index (κ1) is 24.2. The Hall–Kier alpha value is -5.12. The summed E-state index contributed by atoms with van der Waals surface area (Å²) in [5, 5.41) is 18.9. The van der Waals surface area contributed by atoms with Gasteiger partial charge in [-0.1, -0.05) is 23.4 Å². The summed E-state index contributed by atoms with van der Waals surface area (Å²) in [6.07, 6.45) is 1.55. The van der Waals surface area contributed by atoms with E-state index >= 15 is 0 Å². The van der Waals surface area contributed by atoms with E-state index in [2.05, 4.69) is 15.2 Å². The molecule has 0 spiro atoms. The molecule has 0 aliphatic carbocycles. The predicted octanol–water partition coefficient (Wildman–Crippen LogP) is 5.07. The van der Waals surface area contributed by atoms with Gasteiger partial charge in [0.25, 0.3) is 0 Å². The van der Waals surface area contributed by atoms with Crippen LogP contribution in [0.15, 0.2) is 78.2 Å². The number of oxime groups is 1. The van der Waals surface area contributed by atoms with E-state index in [1.165, 1.54) is 0 Å². The van der Waals surface area contributed by atoms with Crippen molar-refractivity contribution in [3.63, 3.8) is 0 Å². The molecule has 0 amide bonds. The molecule has 0 bridgehead atoms. The zero-order valence-electron chi connectivity index (χ0n) is 21.5. The van der Waals surface area contributed by atoms with Gasteiger partial charge in [-0.05, 0) is 60.5 Å². The predicted molar refractivity (Wildman–Crippen MR) is 143 cm³/mol. The van der Waals surface area contributed by atoms with Gasteiger partial charge in [0.05, 0.1) is 25.5 Å². The van der Waals surface area contributed by atoms with Crippen LogP contribution in [0.1, 0.15) is 40.9 Å². The third kappa shape index (κ3) is 4.56. The second kappa shape index (κ2) is 9.97. The van der Waals surface area contributed by atoms with E-state index in [0.717, 1.165) is 33.8 Å². The summed E-state index contributed by atoms with van der Waals surface area (Å²) >= 11 is 0. The molecule has 3 aromatic carbocycles. The van der Waals surface area contributed by atoms with E-state index in [1.807, 2.05) is 61.5 Å². The molecule has 2 aromatic heterocycles. The molecule has 10 nitrogen and oxygen atoms in total. The van der Waals surface area contributed by atoms with Gasteiger partial charge in [-0.3, -0.25) is 0 Å². The lowest BCUT2D eigenvalue weighted by atomic mass is 9.84. The van der Waals surface area contributed by atoms with E-state index in [1.54, 1.807) is 37.2 Å². The minimum Gasteiger partial charge on any atom is -0.508 e. The Bertz CT molecular complexity index is 1680. The number of hydrogen-bond acceptors (Lipinski definition) is 9. The number of aromatic nitrogens is 4. The lowest BCUT2D eigenvalue weighted by Gasteiger charge is -2.28. The van der Waals surface area contributed by atoms with Gasteiger partial charge in [0.15, 0.2) is 18.1 Å². The lowest BCUT2D eigenvalue weighted by molar-refractivity contribution is 0.125. The Kier molecular flexibility index (Phi) is 6.20. The fourth-order valence-electron chi connectivity index (χ4n) is 4.62. The zero-order valence-corrected chi connectivity index (χ0v) is 21.5. The van der Waals surface area contributed by atoms with Crippen LogP contribution in [0.4, 0.5) is 0 Å². The standard InChI is InChI=1S/C29H25N5O5/c1-17(18-4-9-21(36-2)10-5-18)33-38-15-25-31-28-27-26(19-6-11-22(37-3)12-7-19)23-13-8-20(35)14-24(23)39-29(27)30-16-34(28)32-25/h4-14,16,26,35H,15H2,1-3H3. The van der Waals surface area contributed by atoms with Gasteiger partial charge in [-0.25, -0.2) is 14.5 Å². The Morgan fingerprint density at radius 1 is 1.00 bits per heavy atom. The largest absolute Gasteiger partial charge is 0.508 e. The van der Waals surface area contributed by atoms with E-state index in [9.17, 15) is 5.11 Å². The third-order valence-electron chi connectivity index (χ3n) is 6.59. The molecule has 0 radical (unpaired) electrons. The number of hydrogen-bond donors (Lipinski definition) is 1. The molecule has 39 heavy (non-hydrogen) atoms. The van der Waals surface area contributed by atoms with Crippen LogP contribution >= 0.6 is 0 Å². The van der Waals surface area contributed by atoms with Crippen molar-refractivity contribution in [2.75, 3.05) is 14.2 Å². The van der Waals surface area contributed by atoms with E-state index in [-0.39, 0.29) is 18.3 Å². The summed E-state index contributed by atoms with van der Waals surface area (Å²) in [5.74, 6) is 2.75. The molecule has 1 aliphatic rings. The fourth-order valence-corrected chi connectivity index (χ4v) is 4.62. The van der Waals surface area contributed by atoms with E-state index in [4.69, 9.17) is 24.0 Å². The highest BCUT2D eigenvalue weighted by Crippen LogP contribution is 2.48. The van der Waals surface area contributed by atoms with Gasteiger partial charge in [0, 0.05) is 17.5 Å². The third-order valence-corrected chi connectivity index (χ3v) is 6.59. The highest BCUT2D eigenvalue weighted by atomic mass is 16.6. The molecule has 0 saturated heterocycles. The highest BCUT2D eigenvalue weighted by molar-refractivity contribution is 5.98. The summed E-state index contributed by atoms with van der Waals surface area (Å²) in [7, 11) is 3.26. The highest BCUT2D eigenvalue weighted by Gasteiger charge is 2.33. The van der Waals surface area contributed by atoms with Crippen molar-refractivity contribution in [3.05, 3.63) is 101 Å². The van der Waals surface area contributed by atoms with Crippen molar-refractivity contribution >= 4 is 11.4 Å². The van der Waals surface area contributed by atoms with Gasteiger partial charge >= 0.3 is 0 Å². The summed E-state index contributed by atoms with van der Waals surface area (Å²) in [6, 6.07) is 20.5. The second-order valence-electron chi connectivity index (χ2n) is 8.97. The Morgan fingerprint density at radius 2 is 1.72 bits per heavy atom. The zero-order chi connectivity index (χ0) is 26.9. The number of phenols is 1. The molecule has 1 N–H and O–H groups in total. The van der Waals surface area contributed by atoms with E-state index < -0.39 is 0 Å². The average molecular weight is 524 g/mol. The number of aromatic hydroxyl groups is 1. The second-order valence-corrected chi connectivity index (χ2v) is 8.97. The van der Waals surface area contributed by atoms with Crippen molar-refractivity contribution in [1.82, 2.24) is 19.6 Å². The van der Waals surface area contributed by atoms with Crippen molar-refractivity contribution in [2.24, 2.45) is 5.16 Å². The quantitative estimate of drug-likeness (QED) is 0.228. The van der Waals surface area contributed by atoms with Crippen LogP contribution in [0.2, 0.25) is 0 Å². The first-order chi connectivity index (χ1) is 19.0. The molecule has 1 aliphatic heterocycles.